The Kier molecular flexibility index (Phi) is 7.26. The van der Waals surface area contributed by atoms with Crippen molar-refractivity contribution >= 4 is 28.9 Å². The van der Waals surface area contributed by atoms with E-state index in [2.05, 4.69) is 31.4 Å². The van der Waals surface area contributed by atoms with Gasteiger partial charge in [-0.2, -0.15) is 0 Å². The number of hydrogen-bond donors (Lipinski definition) is 2. The normalized spacial score (nSPS) is 10.8. The average molecular weight is 435 g/mol. The van der Waals surface area contributed by atoms with Gasteiger partial charge >= 0.3 is 0 Å². The van der Waals surface area contributed by atoms with E-state index in [1.54, 1.807) is 0 Å². The van der Waals surface area contributed by atoms with Gasteiger partial charge in [0.2, 0.25) is 0 Å². The molecule has 0 fully saturated rings. The summed E-state index contributed by atoms with van der Waals surface area (Å²) in [5.41, 5.74) is 2.01. The molecule has 3 aromatic rings. The molecule has 5 nitrogen and oxygen atoms in total. The molecule has 0 aromatic heterocycles. The molecule has 0 aliphatic carbocycles. The first-order valence-electron chi connectivity index (χ1n) is 9.97. The first-order valence-corrected chi connectivity index (χ1v) is 10.4. The van der Waals surface area contributed by atoms with Crippen LogP contribution in [0.25, 0.3) is 0 Å². The van der Waals surface area contributed by atoms with Crippen LogP contribution in [0.3, 0.4) is 0 Å². The highest BCUT2D eigenvalue weighted by molar-refractivity contribution is 7.80. The lowest BCUT2D eigenvalue weighted by Crippen LogP contribution is -2.37. The Labute approximate surface area is 188 Å². The summed E-state index contributed by atoms with van der Waals surface area (Å²) in [4.78, 5) is 12.1. The van der Waals surface area contributed by atoms with Crippen molar-refractivity contribution in [2.45, 2.75) is 26.2 Å². The van der Waals surface area contributed by atoms with Gasteiger partial charge in [0.05, 0.1) is 0 Å². The molecule has 0 radical (unpaired) electrons. The van der Waals surface area contributed by atoms with E-state index in [1.165, 1.54) is 5.56 Å². The third kappa shape index (κ3) is 7.12. The molecule has 31 heavy (non-hydrogen) atoms. The predicted octanol–water partition coefficient (Wildman–Crippen LogP) is 5.67. The van der Waals surface area contributed by atoms with E-state index in [-0.39, 0.29) is 23.0 Å². The van der Waals surface area contributed by atoms with E-state index in [9.17, 15) is 4.79 Å². The van der Waals surface area contributed by atoms with E-state index in [0.29, 0.717) is 11.5 Å². The number of thiocarbonyl (C=S) groups is 1. The van der Waals surface area contributed by atoms with Gasteiger partial charge < -0.3 is 14.8 Å². The van der Waals surface area contributed by atoms with Crippen LogP contribution in [0, 0.1) is 0 Å². The van der Waals surface area contributed by atoms with Crippen molar-refractivity contribution in [2.24, 2.45) is 0 Å². The van der Waals surface area contributed by atoms with Gasteiger partial charge in [-0.1, -0.05) is 51.1 Å². The summed E-state index contributed by atoms with van der Waals surface area (Å²) in [5, 5.41) is 5.79. The molecule has 0 atom stereocenters. The van der Waals surface area contributed by atoms with Gasteiger partial charge in [0, 0.05) is 5.69 Å². The summed E-state index contributed by atoms with van der Waals surface area (Å²) in [6.45, 7) is 6.32. The van der Waals surface area contributed by atoms with Gasteiger partial charge in [0.1, 0.15) is 17.2 Å². The summed E-state index contributed by atoms with van der Waals surface area (Å²) in [7, 11) is 0. The Bertz CT molecular complexity index is 1010. The number of hydrogen-bond acceptors (Lipinski definition) is 4. The molecule has 0 unspecified atom stereocenters. The molecule has 2 N–H and O–H groups in total. The number of anilines is 1. The second-order valence-electron chi connectivity index (χ2n) is 8.00. The van der Waals surface area contributed by atoms with E-state index in [4.69, 9.17) is 21.7 Å². The van der Waals surface area contributed by atoms with Gasteiger partial charge in [-0.05, 0) is 71.7 Å². The minimum absolute atomic E-state index is 0.0691. The van der Waals surface area contributed by atoms with Gasteiger partial charge in [-0.15, -0.1) is 0 Å². The number of nitrogens with one attached hydrogen (secondary N) is 2. The molecule has 3 aromatic carbocycles. The van der Waals surface area contributed by atoms with Crippen molar-refractivity contribution in [1.29, 1.82) is 0 Å². The fourth-order valence-corrected chi connectivity index (χ4v) is 2.99. The van der Waals surface area contributed by atoms with Crippen LogP contribution in [-0.4, -0.2) is 17.6 Å². The zero-order valence-corrected chi connectivity index (χ0v) is 18.7. The molecule has 0 aliphatic rings. The molecule has 0 spiro atoms. The maximum Gasteiger partial charge on any atom is 0.264 e. The van der Waals surface area contributed by atoms with Gasteiger partial charge in [0.25, 0.3) is 5.91 Å². The highest BCUT2D eigenvalue weighted by Gasteiger charge is 2.13. The Morgan fingerprint density at radius 1 is 0.839 bits per heavy atom. The summed E-state index contributed by atoms with van der Waals surface area (Å²) in [5.74, 6) is 1.77. The van der Waals surface area contributed by atoms with Crippen molar-refractivity contribution in [3.63, 3.8) is 0 Å². The quantitative estimate of drug-likeness (QED) is 0.490. The number of carbonyl (C=O) groups excluding carboxylic acids is 1. The van der Waals surface area contributed by atoms with Crippen LogP contribution in [0.15, 0.2) is 78.9 Å². The zero-order chi connectivity index (χ0) is 22.3. The van der Waals surface area contributed by atoms with E-state index in [1.807, 2.05) is 78.9 Å². The van der Waals surface area contributed by atoms with Crippen LogP contribution in [-0.2, 0) is 10.2 Å². The third-order valence-corrected chi connectivity index (χ3v) is 4.64. The standard InChI is InChI=1S/C25H26N2O3S/c1-25(2,3)18-9-13-20(14-10-18)29-17-23(28)27-24(31)26-19-11-15-22(16-12-19)30-21-7-5-4-6-8-21/h4-16H,17H2,1-3H3,(H2,26,27,28,31). The van der Waals surface area contributed by atoms with Crippen LogP contribution in [0.5, 0.6) is 17.2 Å². The Balaban J connectivity index is 1.44. The van der Waals surface area contributed by atoms with E-state index in [0.717, 1.165) is 11.4 Å². The summed E-state index contributed by atoms with van der Waals surface area (Å²) in [6.07, 6.45) is 0. The average Bonchev–Trinajstić information content (AvgIpc) is 2.74. The number of ether oxygens (including phenoxy) is 2. The lowest BCUT2D eigenvalue weighted by Gasteiger charge is -2.19. The van der Waals surface area contributed by atoms with Crippen molar-refractivity contribution in [1.82, 2.24) is 5.32 Å². The molecule has 3 rings (SSSR count). The van der Waals surface area contributed by atoms with E-state index < -0.39 is 0 Å². The van der Waals surface area contributed by atoms with Crippen molar-refractivity contribution in [3.05, 3.63) is 84.4 Å². The smallest absolute Gasteiger partial charge is 0.264 e. The number of para-hydroxylation sites is 1. The fraction of sp³-hybridized carbons (Fsp3) is 0.200. The lowest BCUT2D eigenvalue weighted by atomic mass is 9.87. The summed E-state index contributed by atoms with van der Waals surface area (Å²) in [6, 6.07) is 24.6. The topological polar surface area (TPSA) is 59.6 Å². The SMILES string of the molecule is CC(C)(C)c1ccc(OCC(=O)NC(=S)Nc2ccc(Oc3ccccc3)cc2)cc1. The van der Waals surface area contributed by atoms with Crippen LogP contribution >= 0.6 is 12.2 Å². The number of amides is 1. The van der Waals surface area contributed by atoms with E-state index >= 15 is 0 Å². The minimum Gasteiger partial charge on any atom is -0.484 e. The van der Waals surface area contributed by atoms with Crippen LogP contribution in [0.1, 0.15) is 26.3 Å². The van der Waals surface area contributed by atoms with Gasteiger partial charge in [-0.25, -0.2) is 0 Å². The highest BCUT2D eigenvalue weighted by atomic mass is 32.1. The van der Waals surface area contributed by atoms with Crippen LogP contribution < -0.4 is 20.1 Å². The molecule has 6 heteroatoms. The second kappa shape index (κ2) is 10.1. The van der Waals surface area contributed by atoms with Crippen LogP contribution in [0.4, 0.5) is 5.69 Å². The molecule has 0 saturated heterocycles. The molecule has 0 aliphatic heterocycles. The monoisotopic (exact) mass is 434 g/mol. The number of rotatable bonds is 6. The summed E-state index contributed by atoms with van der Waals surface area (Å²) >= 11 is 5.21. The van der Waals surface area contributed by atoms with Crippen molar-refractivity contribution in [2.75, 3.05) is 11.9 Å². The van der Waals surface area contributed by atoms with Crippen molar-refractivity contribution in [3.8, 4) is 17.2 Å². The van der Waals surface area contributed by atoms with Crippen molar-refractivity contribution < 1.29 is 14.3 Å². The minimum atomic E-state index is -0.332. The lowest BCUT2D eigenvalue weighted by molar-refractivity contribution is -0.121. The Morgan fingerprint density at radius 3 is 2.03 bits per heavy atom. The molecule has 0 bridgehead atoms. The summed E-state index contributed by atoms with van der Waals surface area (Å²) < 4.78 is 11.3. The largest absolute Gasteiger partial charge is 0.484 e. The fourth-order valence-electron chi connectivity index (χ4n) is 2.76. The second-order valence-corrected chi connectivity index (χ2v) is 8.41. The number of benzene rings is 3. The maximum absolute atomic E-state index is 12.1. The molecular weight excluding hydrogens is 408 g/mol. The number of carbonyl (C=O) groups is 1. The maximum atomic E-state index is 12.1. The Hall–Kier alpha value is -3.38. The highest BCUT2D eigenvalue weighted by Crippen LogP contribution is 2.24. The molecule has 0 saturated carbocycles. The first kappa shape index (κ1) is 22.3. The predicted molar refractivity (Wildman–Crippen MR) is 128 cm³/mol. The van der Waals surface area contributed by atoms with Crippen LogP contribution in [0.2, 0.25) is 0 Å². The van der Waals surface area contributed by atoms with Gasteiger partial charge in [-0.3, -0.25) is 10.1 Å². The zero-order valence-electron chi connectivity index (χ0n) is 17.8. The molecule has 1 amide bonds. The van der Waals surface area contributed by atoms with Gasteiger partial charge in [0.15, 0.2) is 11.7 Å². The third-order valence-electron chi connectivity index (χ3n) is 4.43. The Morgan fingerprint density at radius 2 is 1.42 bits per heavy atom. The molecule has 0 heterocycles. The first-order chi connectivity index (χ1) is 14.8. The molecule has 160 valence electrons. The molecular formula is C25H26N2O3S.